The maximum Gasteiger partial charge on any atom is 0.243 e. The van der Waals surface area contributed by atoms with Gasteiger partial charge in [0, 0.05) is 23.8 Å². The van der Waals surface area contributed by atoms with Crippen LogP contribution in [0.3, 0.4) is 0 Å². The summed E-state index contributed by atoms with van der Waals surface area (Å²) in [4.78, 5) is 26.0. The van der Waals surface area contributed by atoms with Gasteiger partial charge in [-0.1, -0.05) is 48.9 Å². The molecule has 2 rings (SSSR count). The molecule has 6 heteroatoms. The number of rotatable bonds is 8. The van der Waals surface area contributed by atoms with Crippen molar-refractivity contribution < 1.29 is 9.59 Å². The molecule has 0 unspecified atom stereocenters. The van der Waals surface area contributed by atoms with Crippen LogP contribution in [0.5, 0.6) is 0 Å². The molecule has 2 aromatic carbocycles. The van der Waals surface area contributed by atoms with Crippen LogP contribution in [0.2, 0.25) is 5.02 Å². The molecule has 27 heavy (non-hydrogen) atoms. The smallest absolute Gasteiger partial charge is 0.243 e. The number of para-hydroxylation sites is 1. The summed E-state index contributed by atoms with van der Waals surface area (Å²) < 4.78 is 0. The summed E-state index contributed by atoms with van der Waals surface area (Å²) in [6, 6.07) is 15.2. The number of halogens is 1. The van der Waals surface area contributed by atoms with Gasteiger partial charge >= 0.3 is 0 Å². The van der Waals surface area contributed by atoms with E-state index in [2.05, 4.69) is 10.6 Å². The van der Waals surface area contributed by atoms with Crippen molar-refractivity contribution in [2.75, 3.05) is 25.5 Å². The van der Waals surface area contributed by atoms with Gasteiger partial charge in [0.2, 0.25) is 11.8 Å². The molecule has 144 valence electrons. The fourth-order valence-corrected chi connectivity index (χ4v) is 2.81. The minimum absolute atomic E-state index is 0.00451. The highest BCUT2D eigenvalue weighted by molar-refractivity contribution is 6.30. The topological polar surface area (TPSA) is 61.4 Å². The molecule has 0 aromatic heterocycles. The van der Waals surface area contributed by atoms with Crippen molar-refractivity contribution in [3.8, 4) is 0 Å². The molecule has 2 amide bonds. The first-order valence-electron chi connectivity index (χ1n) is 9.01. The molecule has 0 heterocycles. The van der Waals surface area contributed by atoms with Gasteiger partial charge in [0.25, 0.3) is 0 Å². The lowest BCUT2D eigenvalue weighted by Crippen LogP contribution is -2.40. The van der Waals surface area contributed by atoms with Gasteiger partial charge in [0.1, 0.15) is 0 Å². The Morgan fingerprint density at radius 3 is 2.44 bits per heavy atom. The molecule has 0 spiro atoms. The van der Waals surface area contributed by atoms with Crippen LogP contribution in [0.1, 0.15) is 31.0 Å². The Labute approximate surface area is 165 Å². The summed E-state index contributed by atoms with van der Waals surface area (Å²) in [6.07, 6.45) is 0.831. The van der Waals surface area contributed by atoms with E-state index in [0.29, 0.717) is 5.02 Å². The highest BCUT2D eigenvalue weighted by Gasteiger charge is 2.15. The molecule has 0 aliphatic carbocycles. The first-order chi connectivity index (χ1) is 12.9. The quantitative estimate of drug-likeness (QED) is 0.726. The second-order valence-corrected chi connectivity index (χ2v) is 6.90. The third-order valence-electron chi connectivity index (χ3n) is 4.41. The molecular weight excluding hydrogens is 362 g/mol. The van der Waals surface area contributed by atoms with Crippen molar-refractivity contribution in [2.45, 2.75) is 26.3 Å². The van der Waals surface area contributed by atoms with Gasteiger partial charge in [-0.25, -0.2) is 0 Å². The molecule has 0 saturated heterocycles. The van der Waals surface area contributed by atoms with Crippen LogP contribution in [0.25, 0.3) is 0 Å². The zero-order valence-corrected chi connectivity index (χ0v) is 16.7. The Bertz CT molecular complexity index is 777. The number of carbonyl (C=O) groups is 2. The summed E-state index contributed by atoms with van der Waals surface area (Å²) >= 11 is 5.89. The summed E-state index contributed by atoms with van der Waals surface area (Å²) in [6.45, 7) is 4.17. The predicted molar refractivity (Wildman–Crippen MR) is 110 cm³/mol. The standard InChI is InChI=1S/C21H26ClN3O2/c1-4-16-7-5-6-8-19(16)24-20(26)14-25(3)21(27)13-23-15(2)17-9-11-18(22)12-10-17/h5-12,15,23H,4,13-14H2,1-3H3,(H,24,26)/t15-/m0/s1. The predicted octanol–water partition coefficient (Wildman–Crippen LogP) is 3.65. The van der Waals surface area contributed by atoms with Crippen molar-refractivity contribution in [3.05, 3.63) is 64.7 Å². The fraction of sp³-hybridized carbons (Fsp3) is 0.333. The average Bonchev–Trinajstić information content (AvgIpc) is 2.66. The lowest BCUT2D eigenvalue weighted by molar-refractivity contribution is -0.132. The monoisotopic (exact) mass is 387 g/mol. The van der Waals surface area contributed by atoms with Gasteiger partial charge in [0.15, 0.2) is 0 Å². The summed E-state index contributed by atoms with van der Waals surface area (Å²) in [5.41, 5.74) is 2.90. The molecule has 2 N–H and O–H groups in total. The SMILES string of the molecule is CCc1ccccc1NC(=O)CN(C)C(=O)CN[C@@H](C)c1ccc(Cl)cc1. The number of nitrogens with zero attached hydrogens (tertiary/aromatic N) is 1. The zero-order valence-electron chi connectivity index (χ0n) is 16.0. The fourth-order valence-electron chi connectivity index (χ4n) is 2.69. The van der Waals surface area contributed by atoms with Crippen LogP contribution in [-0.4, -0.2) is 36.9 Å². The highest BCUT2D eigenvalue weighted by atomic mass is 35.5. The molecule has 1 atom stereocenters. The lowest BCUT2D eigenvalue weighted by atomic mass is 10.1. The number of aryl methyl sites for hydroxylation is 1. The summed E-state index contributed by atoms with van der Waals surface area (Å²) in [7, 11) is 1.63. The van der Waals surface area contributed by atoms with E-state index in [1.807, 2.05) is 62.4 Å². The number of nitrogens with one attached hydrogen (secondary N) is 2. The lowest BCUT2D eigenvalue weighted by Gasteiger charge is -2.20. The third kappa shape index (κ3) is 6.38. The van der Waals surface area contributed by atoms with Gasteiger partial charge in [-0.2, -0.15) is 0 Å². The Morgan fingerprint density at radius 1 is 1.11 bits per heavy atom. The molecular formula is C21H26ClN3O2. The van der Waals surface area contributed by atoms with Crippen LogP contribution in [0.4, 0.5) is 5.69 Å². The van der Waals surface area contributed by atoms with E-state index in [1.54, 1.807) is 7.05 Å². The number of carbonyl (C=O) groups excluding carboxylic acids is 2. The zero-order chi connectivity index (χ0) is 19.8. The number of anilines is 1. The Hall–Kier alpha value is -2.37. The third-order valence-corrected chi connectivity index (χ3v) is 4.66. The maximum absolute atomic E-state index is 12.3. The van der Waals surface area contributed by atoms with Gasteiger partial charge in [-0.05, 0) is 42.7 Å². The van der Waals surface area contributed by atoms with Crippen LogP contribution < -0.4 is 10.6 Å². The van der Waals surface area contributed by atoms with E-state index in [9.17, 15) is 9.59 Å². The van der Waals surface area contributed by atoms with Crippen LogP contribution >= 0.6 is 11.6 Å². The largest absolute Gasteiger partial charge is 0.335 e. The number of benzene rings is 2. The van der Waals surface area contributed by atoms with Gasteiger partial charge in [0.05, 0.1) is 13.1 Å². The van der Waals surface area contributed by atoms with Crippen molar-refractivity contribution in [1.82, 2.24) is 10.2 Å². The molecule has 0 radical (unpaired) electrons. The number of hydrogen-bond donors (Lipinski definition) is 2. The van der Waals surface area contributed by atoms with Gasteiger partial charge in [-0.3, -0.25) is 9.59 Å². The van der Waals surface area contributed by atoms with Crippen LogP contribution in [0.15, 0.2) is 48.5 Å². The van der Waals surface area contributed by atoms with Crippen LogP contribution in [0, 0.1) is 0 Å². The van der Waals surface area contributed by atoms with Crippen molar-refractivity contribution in [3.63, 3.8) is 0 Å². The molecule has 5 nitrogen and oxygen atoms in total. The van der Waals surface area contributed by atoms with Crippen molar-refractivity contribution in [1.29, 1.82) is 0 Å². The average molecular weight is 388 g/mol. The normalized spacial score (nSPS) is 11.7. The Kier molecular flexibility index (Phi) is 7.82. The van der Waals surface area contributed by atoms with E-state index in [-0.39, 0.29) is 30.9 Å². The Morgan fingerprint density at radius 2 is 1.78 bits per heavy atom. The van der Waals surface area contributed by atoms with E-state index in [1.165, 1.54) is 4.90 Å². The maximum atomic E-state index is 12.3. The minimum atomic E-state index is -0.211. The molecule has 2 aromatic rings. The molecule has 0 bridgehead atoms. The van der Waals surface area contributed by atoms with E-state index < -0.39 is 0 Å². The number of hydrogen-bond acceptors (Lipinski definition) is 3. The first-order valence-corrected chi connectivity index (χ1v) is 9.39. The van der Waals surface area contributed by atoms with Crippen molar-refractivity contribution >= 4 is 29.1 Å². The number of likely N-dealkylation sites (N-methyl/N-ethyl adjacent to an activating group) is 1. The van der Waals surface area contributed by atoms with Gasteiger partial charge < -0.3 is 15.5 Å². The Balaban J connectivity index is 1.82. The van der Waals surface area contributed by atoms with E-state index >= 15 is 0 Å². The second-order valence-electron chi connectivity index (χ2n) is 6.46. The van der Waals surface area contributed by atoms with Crippen molar-refractivity contribution in [2.24, 2.45) is 0 Å². The first kappa shape index (κ1) is 20.9. The molecule has 0 saturated carbocycles. The van der Waals surface area contributed by atoms with Gasteiger partial charge in [-0.15, -0.1) is 0 Å². The summed E-state index contributed by atoms with van der Waals surface area (Å²) in [5, 5.41) is 6.73. The van der Waals surface area contributed by atoms with E-state index in [0.717, 1.165) is 23.2 Å². The number of amides is 2. The second kappa shape index (κ2) is 10.1. The minimum Gasteiger partial charge on any atom is -0.335 e. The van der Waals surface area contributed by atoms with Crippen LogP contribution in [-0.2, 0) is 16.0 Å². The molecule has 0 aliphatic heterocycles. The molecule has 0 aliphatic rings. The summed E-state index contributed by atoms with van der Waals surface area (Å²) in [5.74, 6) is -0.354. The highest BCUT2D eigenvalue weighted by Crippen LogP contribution is 2.16. The van der Waals surface area contributed by atoms with E-state index in [4.69, 9.17) is 11.6 Å². The molecule has 0 fully saturated rings.